The van der Waals surface area contributed by atoms with E-state index in [0.29, 0.717) is 11.1 Å². The van der Waals surface area contributed by atoms with Crippen LogP contribution in [0.3, 0.4) is 0 Å². The fourth-order valence-electron chi connectivity index (χ4n) is 1.00. The van der Waals surface area contributed by atoms with Crippen LogP contribution in [0.15, 0.2) is 24.3 Å². The van der Waals surface area contributed by atoms with E-state index in [1.54, 1.807) is 0 Å². The maximum Gasteiger partial charge on any atom is 0.123 e. The number of nitriles is 1. The number of nitrogens with zero attached hydrogens (tertiary/aromatic N) is 1. The molecule has 0 aliphatic carbocycles. The lowest BCUT2D eigenvalue weighted by Crippen LogP contribution is -1.89. The molecule has 1 N–H and O–H groups in total. The van der Waals surface area contributed by atoms with Crippen molar-refractivity contribution in [2.24, 2.45) is 0 Å². The van der Waals surface area contributed by atoms with E-state index in [4.69, 9.17) is 10.4 Å². The van der Waals surface area contributed by atoms with Crippen molar-refractivity contribution < 1.29 is 9.50 Å². The molecule has 0 saturated carbocycles. The van der Waals surface area contributed by atoms with Gasteiger partial charge in [-0.1, -0.05) is 6.07 Å². The van der Waals surface area contributed by atoms with Gasteiger partial charge >= 0.3 is 0 Å². The van der Waals surface area contributed by atoms with E-state index in [9.17, 15) is 4.39 Å². The highest BCUT2D eigenvalue weighted by atomic mass is 19.1. The number of aliphatic hydroxyl groups excluding tert-OH is 1. The van der Waals surface area contributed by atoms with Crippen molar-refractivity contribution in [3.05, 3.63) is 41.2 Å². The molecular formula is C10H8FNO. The van der Waals surface area contributed by atoms with Crippen LogP contribution in [-0.2, 0) is 6.61 Å². The molecule has 66 valence electrons. The topological polar surface area (TPSA) is 44.0 Å². The van der Waals surface area contributed by atoms with Crippen LogP contribution in [0, 0.1) is 17.1 Å². The van der Waals surface area contributed by atoms with Crippen LogP contribution in [0.5, 0.6) is 0 Å². The van der Waals surface area contributed by atoms with Gasteiger partial charge in [-0.05, 0) is 29.3 Å². The summed E-state index contributed by atoms with van der Waals surface area (Å²) in [6.07, 6.45) is 2.82. The fraction of sp³-hybridized carbons (Fsp3) is 0.100. The van der Waals surface area contributed by atoms with Crippen molar-refractivity contribution in [1.82, 2.24) is 0 Å². The van der Waals surface area contributed by atoms with E-state index in [1.165, 1.54) is 30.4 Å². The molecule has 0 heterocycles. The molecule has 13 heavy (non-hydrogen) atoms. The first-order valence-corrected chi connectivity index (χ1v) is 3.73. The van der Waals surface area contributed by atoms with Gasteiger partial charge in [-0.25, -0.2) is 4.39 Å². The van der Waals surface area contributed by atoms with Gasteiger partial charge in [0.05, 0.1) is 12.7 Å². The molecule has 0 radical (unpaired) electrons. The monoisotopic (exact) mass is 177 g/mol. The number of rotatable bonds is 2. The number of aliphatic hydroxyl groups is 1. The highest BCUT2D eigenvalue weighted by molar-refractivity contribution is 5.55. The molecule has 0 saturated heterocycles. The maximum atomic E-state index is 12.7. The third kappa shape index (κ3) is 2.39. The maximum absolute atomic E-state index is 12.7. The van der Waals surface area contributed by atoms with Crippen LogP contribution in [-0.4, -0.2) is 5.11 Å². The standard InChI is InChI=1S/C10H8FNO/c11-10-4-3-8(2-1-5-12)9(6-10)7-13/h1-4,6,13H,7H2. The van der Waals surface area contributed by atoms with Crippen molar-refractivity contribution in [2.75, 3.05) is 0 Å². The first-order valence-electron chi connectivity index (χ1n) is 3.73. The summed E-state index contributed by atoms with van der Waals surface area (Å²) >= 11 is 0. The molecule has 0 spiro atoms. The normalized spacial score (nSPS) is 10.2. The van der Waals surface area contributed by atoms with Gasteiger partial charge in [0.1, 0.15) is 5.82 Å². The molecule has 0 amide bonds. The Morgan fingerprint density at radius 3 is 2.92 bits per heavy atom. The van der Waals surface area contributed by atoms with Gasteiger partial charge in [0.2, 0.25) is 0 Å². The van der Waals surface area contributed by atoms with Crippen LogP contribution in [0.25, 0.3) is 6.08 Å². The van der Waals surface area contributed by atoms with E-state index in [-0.39, 0.29) is 6.61 Å². The lowest BCUT2D eigenvalue weighted by atomic mass is 10.1. The van der Waals surface area contributed by atoms with Crippen LogP contribution in [0.1, 0.15) is 11.1 Å². The number of benzene rings is 1. The second-order valence-electron chi connectivity index (χ2n) is 2.46. The summed E-state index contributed by atoms with van der Waals surface area (Å²) in [5.41, 5.74) is 1.14. The zero-order valence-electron chi connectivity index (χ0n) is 6.87. The van der Waals surface area contributed by atoms with E-state index in [2.05, 4.69) is 0 Å². The summed E-state index contributed by atoms with van der Waals surface area (Å²) in [4.78, 5) is 0. The summed E-state index contributed by atoms with van der Waals surface area (Å²) in [7, 11) is 0. The van der Waals surface area contributed by atoms with Gasteiger partial charge < -0.3 is 5.11 Å². The van der Waals surface area contributed by atoms with Gasteiger partial charge in [0.25, 0.3) is 0 Å². The molecule has 0 bridgehead atoms. The predicted octanol–water partition coefficient (Wildman–Crippen LogP) is 1.85. The summed E-state index contributed by atoms with van der Waals surface area (Å²) < 4.78 is 12.7. The van der Waals surface area contributed by atoms with Crippen molar-refractivity contribution in [3.63, 3.8) is 0 Å². The Morgan fingerprint density at radius 2 is 2.31 bits per heavy atom. The van der Waals surface area contributed by atoms with Gasteiger partial charge in [0.15, 0.2) is 0 Å². The third-order valence-electron chi connectivity index (χ3n) is 1.61. The van der Waals surface area contributed by atoms with Crippen molar-refractivity contribution in [1.29, 1.82) is 5.26 Å². The lowest BCUT2D eigenvalue weighted by Gasteiger charge is -2.01. The van der Waals surface area contributed by atoms with Gasteiger partial charge in [-0.3, -0.25) is 0 Å². The molecule has 1 rings (SSSR count). The van der Waals surface area contributed by atoms with E-state index < -0.39 is 5.82 Å². The molecule has 0 atom stereocenters. The zero-order valence-corrected chi connectivity index (χ0v) is 6.87. The Bertz CT molecular complexity index is 366. The summed E-state index contributed by atoms with van der Waals surface area (Å²) in [6.45, 7) is -0.233. The predicted molar refractivity (Wildman–Crippen MR) is 47.0 cm³/mol. The smallest absolute Gasteiger partial charge is 0.123 e. The lowest BCUT2D eigenvalue weighted by molar-refractivity contribution is 0.281. The minimum atomic E-state index is -0.391. The average Bonchev–Trinajstić information content (AvgIpc) is 2.16. The number of halogens is 1. The molecule has 3 heteroatoms. The minimum absolute atomic E-state index is 0.233. The molecule has 1 aromatic carbocycles. The summed E-state index contributed by atoms with van der Waals surface area (Å²) in [5.74, 6) is -0.391. The SMILES string of the molecule is N#CC=Cc1ccc(F)cc1CO. The molecule has 0 fully saturated rings. The van der Waals surface area contributed by atoms with E-state index >= 15 is 0 Å². The fourth-order valence-corrected chi connectivity index (χ4v) is 1.00. The van der Waals surface area contributed by atoms with Crippen molar-refractivity contribution in [2.45, 2.75) is 6.61 Å². The number of hydrogen-bond acceptors (Lipinski definition) is 2. The Labute approximate surface area is 75.6 Å². The Kier molecular flexibility index (Phi) is 3.18. The van der Waals surface area contributed by atoms with Gasteiger partial charge in [-0.15, -0.1) is 0 Å². The van der Waals surface area contributed by atoms with Crippen LogP contribution in [0.2, 0.25) is 0 Å². The van der Waals surface area contributed by atoms with Crippen LogP contribution in [0.4, 0.5) is 4.39 Å². The zero-order chi connectivity index (χ0) is 9.68. The van der Waals surface area contributed by atoms with E-state index in [1.807, 2.05) is 6.07 Å². The molecule has 0 aliphatic rings. The first kappa shape index (κ1) is 9.43. The first-order chi connectivity index (χ1) is 6.27. The van der Waals surface area contributed by atoms with Crippen LogP contribution >= 0.6 is 0 Å². The van der Waals surface area contributed by atoms with Gasteiger partial charge in [-0.2, -0.15) is 5.26 Å². The summed E-state index contributed by atoms with van der Waals surface area (Å²) in [6, 6.07) is 5.88. The molecule has 0 aromatic heterocycles. The Hall–Kier alpha value is -1.66. The summed E-state index contributed by atoms with van der Waals surface area (Å²) in [5, 5.41) is 17.1. The minimum Gasteiger partial charge on any atom is -0.392 e. The highest BCUT2D eigenvalue weighted by Gasteiger charge is 1.99. The molecule has 2 nitrogen and oxygen atoms in total. The highest BCUT2D eigenvalue weighted by Crippen LogP contribution is 2.12. The Balaban J connectivity index is 3.07. The largest absolute Gasteiger partial charge is 0.392 e. The second-order valence-corrected chi connectivity index (χ2v) is 2.46. The quantitative estimate of drug-likeness (QED) is 0.700. The molecule has 0 aliphatic heterocycles. The third-order valence-corrected chi connectivity index (χ3v) is 1.61. The Morgan fingerprint density at radius 1 is 1.54 bits per heavy atom. The molecule has 1 aromatic rings. The van der Waals surface area contributed by atoms with Gasteiger partial charge in [0, 0.05) is 6.08 Å². The number of allylic oxidation sites excluding steroid dienone is 1. The number of hydrogen-bond donors (Lipinski definition) is 1. The van der Waals surface area contributed by atoms with Crippen LogP contribution < -0.4 is 0 Å². The average molecular weight is 177 g/mol. The molecular weight excluding hydrogens is 169 g/mol. The van der Waals surface area contributed by atoms with Crippen molar-refractivity contribution >= 4 is 6.08 Å². The second kappa shape index (κ2) is 4.39. The van der Waals surface area contributed by atoms with Crippen molar-refractivity contribution in [3.8, 4) is 6.07 Å². The van der Waals surface area contributed by atoms with E-state index in [0.717, 1.165) is 0 Å². The molecule has 0 unspecified atom stereocenters.